The minimum atomic E-state index is -0.206. The lowest BCUT2D eigenvalue weighted by molar-refractivity contribution is 0.0934. The first-order valence-electron chi connectivity index (χ1n) is 8.20. The Hall–Kier alpha value is -2.34. The van der Waals surface area contributed by atoms with Gasteiger partial charge in [0.2, 0.25) is 0 Å². The average molecular weight is 402 g/mol. The molecule has 0 aliphatic heterocycles. The maximum atomic E-state index is 12.4. The van der Waals surface area contributed by atoms with Gasteiger partial charge in [0.25, 0.3) is 5.91 Å². The maximum absolute atomic E-state index is 12.4. The molecule has 0 unspecified atom stereocenters. The normalized spacial score (nSPS) is 12.2. The summed E-state index contributed by atoms with van der Waals surface area (Å²) in [5.74, 6) is 0.393. The van der Waals surface area contributed by atoms with Gasteiger partial charge in [-0.25, -0.2) is 4.98 Å². The van der Waals surface area contributed by atoms with Crippen molar-refractivity contribution in [1.29, 1.82) is 0 Å². The van der Waals surface area contributed by atoms with E-state index < -0.39 is 0 Å². The molecule has 3 aromatic rings. The molecule has 0 spiro atoms. The molecule has 0 radical (unpaired) electrons. The summed E-state index contributed by atoms with van der Waals surface area (Å²) in [5, 5.41) is 7.06. The lowest BCUT2D eigenvalue weighted by atomic mass is 10.2. The van der Waals surface area contributed by atoms with E-state index in [1.165, 1.54) is 0 Å². The molecule has 1 amide bonds. The molecule has 2 aromatic heterocycles. The second-order valence-electron chi connectivity index (χ2n) is 6.06. The summed E-state index contributed by atoms with van der Waals surface area (Å²) in [6.07, 6.45) is 2.46. The molecule has 5 nitrogen and oxygen atoms in total. The third kappa shape index (κ3) is 3.85. The molecular formula is C19H20BrN3O2. The van der Waals surface area contributed by atoms with Crippen LogP contribution in [0, 0.1) is 6.92 Å². The molecular weight excluding hydrogens is 382 g/mol. The smallest absolute Gasteiger partial charge is 0.270 e. The Morgan fingerprint density at radius 1 is 1.32 bits per heavy atom. The molecule has 1 atom stereocenters. The standard InChI is InChI=1S/C19H20BrN3O2/c1-4-12(3)21-19(24)16-10-17-14(7-8-25-17)18(23-16)22-13-5-6-15(20)11(2)9-13/h5-10,12H,4H2,1-3H3,(H,21,24)(H,22,23)/t12-/m0/s1. The van der Waals surface area contributed by atoms with E-state index in [1.807, 2.05) is 45.0 Å². The number of aryl methyl sites for hydroxylation is 1. The molecule has 0 bridgehead atoms. The van der Waals surface area contributed by atoms with Gasteiger partial charge in [0.1, 0.15) is 17.1 Å². The molecule has 0 aliphatic rings. The highest BCUT2D eigenvalue weighted by Gasteiger charge is 2.15. The molecule has 0 aliphatic carbocycles. The Bertz CT molecular complexity index is 920. The van der Waals surface area contributed by atoms with Crippen LogP contribution in [0.3, 0.4) is 0 Å². The molecule has 0 saturated heterocycles. The zero-order valence-corrected chi connectivity index (χ0v) is 16.0. The van der Waals surface area contributed by atoms with E-state index in [2.05, 4.69) is 31.5 Å². The highest BCUT2D eigenvalue weighted by atomic mass is 79.9. The fourth-order valence-electron chi connectivity index (χ4n) is 2.44. The van der Waals surface area contributed by atoms with E-state index in [4.69, 9.17) is 4.42 Å². The number of nitrogens with one attached hydrogen (secondary N) is 2. The van der Waals surface area contributed by atoms with Gasteiger partial charge in [-0.1, -0.05) is 22.9 Å². The van der Waals surface area contributed by atoms with Crippen LogP contribution >= 0.6 is 15.9 Å². The second-order valence-corrected chi connectivity index (χ2v) is 6.91. The highest BCUT2D eigenvalue weighted by Crippen LogP contribution is 2.28. The second kappa shape index (κ2) is 7.27. The SMILES string of the molecule is CC[C@H](C)NC(=O)c1cc2occc2c(Nc2ccc(Br)c(C)c2)n1. The number of rotatable bonds is 5. The largest absolute Gasteiger partial charge is 0.464 e. The van der Waals surface area contributed by atoms with E-state index in [9.17, 15) is 4.79 Å². The lowest BCUT2D eigenvalue weighted by Gasteiger charge is -2.13. The van der Waals surface area contributed by atoms with Gasteiger partial charge < -0.3 is 15.1 Å². The first-order chi connectivity index (χ1) is 12.0. The van der Waals surface area contributed by atoms with Crippen LogP contribution in [-0.2, 0) is 0 Å². The zero-order valence-electron chi connectivity index (χ0n) is 14.4. The lowest BCUT2D eigenvalue weighted by Crippen LogP contribution is -2.32. The van der Waals surface area contributed by atoms with Crippen LogP contribution in [0.1, 0.15) is 36.3 Å². The summed E-state index contributed by atoms with van der Waals surface area (Å²) < 4.78 is 6.54. The third-order valence-corrected chi connectivity index (χ3v) is 4.98. The van der Waals surface area contributed by atoms with Crippen molar-refractivity contribution >= 4 is 44.3 Å². The Kier molecular flexibility index (Phi) is 5.08. The number of carbonyl (C=O) groups excluding carboxylic acids is 1. The van der Waals surface area contributed by atoms with Gasteiger partial charge in [0, 0.05) is 22.3 Å². The highest BCUT2D eigenvalue weighted by molar-refractivity contribution is 9.10. The van der Waals surface area contributed by atoms with Crippen molar-refractivity contribution in [1.82, 2.24) is 10.3 Å². The van der Waals surface area contributed by atoms with E-state index in [-0.39, 0.29) is 11.9 Å². The average Bonchev–Trinajstić information content (AvgIpc) is 3.06. The van der Waals surface area contributed by atoms with Crippen LogP contribution in [0.2, 0.25) is 0 Å². The van der Waals surface area contributed by atoms with E-state index in [1.54, 1.807) is 12.3 Å². The molecule has 0 fully saturated rings. The zero-order chi connectivity index (χ0) is 18.0. The fourth-order valence-corrected chi connectivity index (χ4v) is 2.68. The Morgan fingerprint density at radius 2 is 2.12 bits per heavy atom. The van der Waals surface area contributed by atoms with Crippen molar-refractivity contribution in [2.24, 2.45) is 0 Å². The molecule has 25 heavy (non-hydrogen) atoms. The number of benzene rings is 1. The van der Waals surface area contributed by atoms with E-state index in [0.717, 1.165) is 27.5 Å². The minimum absolute atomic E-state index is 0.0899. The predicted molar refractivity (Wildman–Crippen MR) is 103 cm³/mol. The van der Waals surface area contributed by atoms with Gasteiger partial charge in [0.15, 0.2) is 0 Å². The number of amides is 1. The first kappa shape index (κ1) is 17.5. The number of carbonyl (C=O) groups is 1. The predicted octanol–water partition coefficient (Wildman–Crippen LogP) is 5.17. The number of hydrogen-bond donors (Lipinski definition) is 2. The molecule has 3 rings (SSSR count). The number of hydrogen-bond acceptors (Lipinski definition) is 4. The number of pyridine rings is 1. The van der Waals surface area contributed by atoms with E-state index >= 15 is 0 Å². The van der Waals surface area contributed by atoms with Gasteiger partial charge in [0.05, 0.1) is 11.6 Å². The summed E-state index contributed by atoms with van der Waals surface area (Å²) in [5.41, 5.74) is 2.97. The maximum Gasteiger partial charge on any atom is 0.270 e. The number of furan rings is 1. The molecule has 1 aromatic carbocycles. The van der Waals surface area contributed by atoms with Crippen molar-refractivity contribution < 1.29 is 9.21 Å². The Morgan fingerprint density at radius 3 is 2.84 bits per heavy atom. The van der Waals surface area contributed by atoms with Gasteiger partial charge in [-0.15, -0.1) is 0 Å². The van der Waals surface area contributed by atoms with Crippen LogP contribution < -0.4 is 10.6 Å². The van der Waals surface area contributed by atoms with Crippen LogP contribution in [-0.4, -0.2) is 16.9 Å². The molecule has 2 heterocycles. The van der Waals surface area contributed by atoms with Crippen LogP contribution in [0.4, 0.5) is 11.5 Å². The van der Waals surface area contributed by atoms with Crippen molar-refractivity contribution in [3.05, 3.63) is 52.3 Å². The summed E-state index contributed by atoms with van der Waals surface area (Å²) in [6.45, 7) is 6.01. The van der Waals surface area contributed by atoms with Gasteiger partial charge in [-0.3, -0.25) is 4.79 Å². The fraction of sp³-hybridized carbons (Fsp3) is 0.263. The number of fused-ring (bicyclic) bond motifs is 1. The monoisotopic (exact) mass is 401 g/mol. The van der Waals surface area contributed by atoms with Crippen LogP contribution in [0.25, 0.3) is 11.0 Å². The van der Waals surface area contributed by atoms with Gasteiger partial charge in [-0.2, -0.15) is 0 Å². The van der Waals surface area contributed by atoms with Crippen molar-refractivity contribution in [3.8, 4) is 0 Å². The molecule has 130 valence electrons. The third-order valence-electron chi connectivity index (χ3n) is 4.09. The topological polar surface area (TPSA) is 67.2 Å². The molecule has 6 heteroatoms. The Balaban J connectivity index is 1.97. The number of nitrogens with zero attached hydrogens (tertiary/aromatic N) is 1. The van der Waals surface area contributed by atoms with Crippen molar-refractivity contribution in [2.45, 2.75) is 33.2 Å². The van der Waals surface area contributed by atoms with E-state index in [0.29, 0.717) is 17.1 Å². The molecule has 0 saturated carbocycles. The minimum Gasteiger partial charge on any atom is -0.464 e. The Labute approximate surface area is 155 Å². The van der Waals surface area contributed by atoms with Crippen LogP contribution in [0.5, 0.6) is 0 Å². The van der Waals surface area contributed by atoms with Crippen molar-refractivity contribution in [3.63, 3.8) is 0 Å². The number of aromatic nitrogens is 1. The summed E-state index contributed by atoms with van der Waals surface area (Å²) in [6, 6.07) is 9.55. The van der Waals surface area contributed by atoms with Crippen LogP contribution in [0.15, 0.2) is 45.5 Å². The van der Waals surface area contributed by atoms with Gasteiger partial charge in [-0.05, 0) is 50.1 Å². The summed E-state index contributed by atoms with van der Waals surface area (Å²) in [7, 11) is 0. The van der Waals surface area contributed by atoms with Crippen molar-refractivity contribution in [2.75, 3.05) is 5.32 Å². The summed E-state index contributed by atoms with van der Waals surface area (Å²) in [4.78, 5) is 16.9. The van der Waals surface area contributed by atoms with Gasteiger partial charge >= 0.3 is 0 Å². The number of anilines is 2. The summed E-state index contributed by atoms with van der Waals surface area (Å²) >= 11 is 3.50. The first-order valence-corrected chi connectivity index (χ1v) is 8.99. The molecule has 2 N–H and O–H groups in total. The number of halogens is 1. The quantitative estimate of drug-likeness (QED) is 0.618.